The predicted molar refractivity (Wildman–Crippen MR) is 121 cm³/mol. The van der Waals surface area contributed by atoms with Crippen LogP contribution in [0.2, 0.25) is 10.0 Å². The van der Waals surface area contributed by atoms with Gasteiger partial charge in [-0.15, -0.1) is 0 Å². The van der Waals surface area contributed by atoms with Crippen LogP contribution >= 0.6 is 23.2 Å². The van der Waals surface area contributed by atoms with Crippen LogP contribution in [0.25, 0.3) is 0 Å². The maximum Gasteiger partial charge on any atom is 0.239 e. The van der Waals surface area contributed by atoms with Gasteiger partial charge in [0.15, 0.2) is 0 Å². The van der Waals surface area contributed by atoms with E-state index in [0.717, 1.165) is 38.4 Å². The van der Waals surface area contributed by atoms with Crippen molar-refractivity contribution in [3.63, 3.8) is 0 Å². The average Bonchev–Trinajstić information content (AvgIpc) is 3.14. The van der Waals surface area contributed by atoms with Crippen LogP contribution in [0, 0.1) is 5.92 Å². The Morgan fingerprint density at radius 3 is 2.42 bits per heavy atom. The van der Waals surface area contributed by atoms with Gasteiger partial charge in [0.25, 0.3) is 0 Å². The predicted octanol–water partition coefficient (Wildman–Crippen LogP) is 3.49. The van der Waals surface area contributed by atoms with Gasteiger partial charge < -0.3 is 15.0 Å². The first-order chi connectivity index (χ1) is 15.0. The topological polar surface area (TPSA) is 61.9 Å². The van der Waals surface area contributed by atoms with Gasteiger partial charge in [-0.05, 0) is 35.7 Å². The minimum atomic E-state index is -0.704. The van der Waals surface area contributed by atoms with Crippen LogP contribution in [-0.4, -0.2) is 49.6 Å². The third-order valence-corrected chi connectivity index (χ3v) is 6.19. The Kier molecular flexibility index (Phi) is 7.13. The molecule has 4 rings (SSSR count). The summed E-state index contributed by atoms with van der Waals surface area (Å²) in [7, 11) is 0. The highest BCUT2D eigenvalue weighted by Gasteiger charge is 2.37. The number of anilines is 1. The summed E-state index contributed by atoms with van der Waals surface area (Å²) in [5, 5.41) is 3.88. The van der Waals surface area contributed by atoms with E-state index in [2.05, 4.69) is 16.3 Å². The number of hydrogen-bond donors (Lipinski definition) is 1. The van der Waals surface area contributed by atoms with Crippen molar-refractivity contribution in [2.75, 3.05) is 37.7 Å². The zero-order chi connectivity index (χ0) is 21.8. The normalized spacial score (nSPS) is 19.6. The van der Waals surface area contributed by atoms with Gasteiger partial charge in [0, 0.05) is 48.5 Å². The molecule has 1 atom stereocenters. The summed E-state index contributed by atoms with van der Waals surface area (Å²) in [6, 6.07) is 13.1. The fraction of sp³-hybridized carbons (Fsp3) is 0.391. The molecule has 2 amide bonds. The van der Waals surface area contributed by atoms with Crippen molar-refractivity contribution in [1.82, 2.24) is 10.2 Å². The second-order valence-electron chi connectivity index (χ2n) is 7.83. The lowest BCUT2D eigenvalue weighted by Crippen LogP contribution is -2.37. The molecule has 2 fully saturated rings. The van der Waals surface area contributed by atoms with Crippen molar-refractivity contribution < 1.29 is 14.3 Å². The number of ether oxygens (including phenoxy) is 1. The van der Waals surface area contributed by atoms with E-state index in [4.69, 9.17) is 27.9 Å². The first-order valence-corrected chi connectivity index (χ1v) is 11.2. The molecule has 2 aromatic rings. The monoisotopic (exact) mass is 461 g/mol. The molecule has 164 valence electrons. The summed E-state index contributed by atoms with van der Waals surface area (Å²) < 4.78 is 5.42. The molecule has 2 heterocycles. The van der Waals surface area contributed by atoms with Crippen LogP contribution in [0.4, 0.5) is 5.69 Å². The lowest BCUT2D eigenvalue weighted by Gasteiger charge is -2.27. The number of rotatable bonds is 6. The number of carbonyl (C=O) groups excluding carboxylic acids is 2. The Hall–Kier alpha value is -2.12. The highest BCUT2D eigenvalue weighted by molar-refractivity contribution is 6.35. The largest absolute Gasteiger partial charge is 0.379 e. The molecule has 6 nitrogen and oxygen atoms in total. The second-order valence-corrected chi connectivity index (χ2v) is 8.71. The van der Waals surface area contributed by atoms with E-state index in [-0.39, 0.29) is 11.8 Å². The minimum Gasteiger partial charge on any atom is -0.379 e. The van der Waals surface area contributed by atoms with Gasteiger partial charge in [0.2, 0.25) is 11.8 Å². The lowest BCUT2D eigenvalue weighted by molar-refractivity contribution is -0.132. The standard InChI is InChI=1S/C23H25Cl2N3O3/c24-18-11-19(25)13-20(12-18)28-6-5-21(23(28)30)22(29)26-14-16-3-1-2-4-17(16)15-27-7-9-31-10-8-27/h1-4,11-13,21H,5-10,14-15H2,(H,26,29). The van der Waals surface area contributed by atoms with Gasteiger partial charge in [-0.25, -0.2) is 0 Å². The lowest BCUT2D eigenvalue weighted by atomic mass is 10.0. The average molecular weight is 462 g/mol. The summed E-state index contributed by atoms with van der Waals surface area (Å²) in [6.45, 7) is 4.98. The second kappa shape index (κ2) is 10.0. The van der Waals surface area contributed by atoms with Gasteiger partial charge in [-0.2, -0.15) is 0 Å². The molecular formula is C23H25Cl2N3O3. The van der Waals surface area contributed by atoms with Crippen LogP contribution in [0.5, 0.6) is 0 Å². The van der Waals surface area contributed by atoms with Crippen molar-refractivity contribution in [1.29, 1.82) is 0 Å². The van der Waals surface area contributed by atoms with E-state index in [9.17, 15) is 9.59 Å². The quantitative estimate of drug-likeness (QED) is 0.668. The van der Waals surface area contributed by atoms with Crippen molar-refractivity contribution >= 4 is 40.7 Å². The molecule has 8 heteroatoms. The zero-order valence-electron chi connectivity index (χ0n) is 17.2. The summed E-state index contributed by atoms with van der Waals surface area (Å²) in [5.41, 5.74) is 2.86. The third kappa shape index (κ3) is 5.39. The highest BCUT2D eigenvalue weighted by Crippen LogP contribution is 2.30. The molecule has 0 spiro atoms. The Balaban J connectivity index is 1.38. The van der Waals surface area contributed by atoms with Crippen molar-refractivity contribution in [3.05, 3.63) is 63.6 Å². The van der Waals surface area contributed by atoms with Crippen molar-refractivity contribution in [2.24, 2.45) is 5.92 Å². The minimum absolute atomic E-state index is 0.225. The van der Waals surface area contributed by atoms with Gasteiger partial charge in [0.05, 0.1) is 13.2 Å². The van der Waals surface area contributed by atoms with E-state index in [0.29, 0.717) is 35.2 Å². The van der Waals surface area contributed by atoms with Crippen molar-refractivity contribution in [2.45, 2.75) is 19.5 Å². The fourth-order valence-corrected chi connectivity index (χ4v) is 4.58. The molecule has 1 N–H and O–H groups in total. The number of morpholine rings is 1. The summed E-state index contributed by atoms with van der Waals surface area (Å²) in [5.74, 6) is -1.18. The molecule has 0 aromatic heterocycles. The van der Waals surface area contributed by atoms with E-state index in [1.807, 2.05) is 18.2 Å². The Labute approximate surface area is 192 Å². The Morgan fingerprint density at radius 1 is 1.03 bits per heavy atom. The number of carbonyl (C=O) groups is 2. The number of amides is 2. The molecule has 2 saturated heterocycles. The smallest absolute Gasteiger partial charge is 0.239 e. The summed E-state index contributed by atoms with van der Waals surface area (Å²) >= 11 is 12.1. The van der Waals surface area contributed by atoms with Crippen LogP contribution in [0.15, 0.2) is 42.5 Å². The summed E-state index contributed by atoms with van der Waals surface area (Å²) in [6.07, 6.45) is 0.463. The fourth-order valence-electron chi connectivity index (χ4n) is 4.06. The third-order valence-electron chi connectivity index (χ3n) is 5.75. The van der Waals surface area contributed by atoms with Gasteiger partial charge in [-0.3, -0.25) is 14.5 Å². The first kappa shape index (κ1) is 22.1. The molecule has 2 aliphatic rings. The van der Waals surface area contributed by atoms with E-state index < -0.39 is 5.92 Å². The zero-order valence-corrected chi connectivity index (χ0v) is 18.7. The van der Waals surface area contributed by atoms with Crippen LogP contribution < -0.4 is 10.2 Å². The molecule has 0 bridgehead atoms. The van der Waals surface area contributed by atoms with Gasteiger partial charge in [0.1, 0.15) is 5.92 Å². The Morgan fingerprint density at radius 2 is 1.71 bits per heavy atom. The van der Waals surface area contributed by atoms with Gasteiger partial charge in [-0.1, -0.05) is 47.5 Å². The maximum absolute atomic E-state index is 12.9. The molecule has 0 saturated carbocycles. The van der Waals surface area contributed by atoms with Gasteiger partial charge >= 0.3 is 0 Å². The van der Waals surface area contributed by atoms with Crippen LogP contribution in [0.3, 0.4) is 0 Å². The molecule has 1 unspecified atom stereocenters. The maximum atomic E-state index is 12.9. The molecule has 2 aromatic carbocycles. The Bertz CT molecular complexity index is 943. The first-order valence-electron chi connectivity index (χ1n) is 10.4. The van der Waals surface area contributed by atoms with E-state index in [1.54, 1.807) is 23.1 Å². The van der Waals surface area contributed by atoms with E-state index in [1.165, 1.54) is 5.56 Å². The highest BCUT2D eigenvalue weighted by atomic mass is 35.5. The number of benzene rings is 2. The molecule has 0 radical (unpaired) electrons. The van der Waals surface area contributed by atoms with E-state index >= 15 is 0 Å². The summed E-state index contributed by atoms with van der Waals surface area (Å²) in [4.78, 5) is 29.6. The van der Waals surface area contributed by atoms with Crippen molar-refractivity contribution in [3.8, 4) is 0 Å². The van der Waals surface area contributed by atoms with Crippen LogP contribution in [0.1, 0.15) is 17.5 Å². The molecular weight excluding hydrogens is 437 g/mol. The number of nitrogens with one attached hydrogen (secondary N) is 1. The number of hydrogen-bond acceptors (Lipinski definition) is 4. The number of halogens is 2. The molecule has 31 heavy (non-hydrogen) atoms. The van der Waals surface area contributed by atoms with Crippen LogP contribution in [-0.2, 0) is 27.4 Å². The molecule has 0 aliphatic carbocycles. The SMILES string of the molecule is O=C(NCc1ccccc1CN1CCOCC1)C1CCN(c2cc(Cl)cc(Cl)c2)C1=O. The molecule has 2 aliphatic heterocycles. The number of nitrogens with zero attached hydrogens (tertiary/aromatic N) is 2.